The first-order valence-electron chi connectivity index (χ1n) is 6.52. The Kier molecular flexibility index (Phi) is 3.05. The summed E-state index contributed by atoms with van der Waals surface area (Å²) in [5, 5.41) is 0. The highest BCUT2D eigenvalue weighted by Crippen LogP contribution is 2.24. The standard InChI is InChI=1S/C16H17N3/c1-11-6-7-14-15(10-11)19-16(18-14)13-5-3-2-4-12(13)8-9-17/h2-7,10H,8-9,17H2,1H3,(H,18,19). The molecule has 0 radical (unpaired) electrons. The summed E-state index contributed by atoms with van der Waals surface area (Å²) in [4.78, 5) is 8.07. The van der Waals surface area contributed by atoms with Crippen LogP contribution in [0.5, 0.6) is 0 Å². The first-order chi connectivity index (χ1) is 9.28. The maximum atomic E-state index is 5.67. The van der Waals surface area contributed by atoms with Crippen molar-refractivity contribution in [1.29, 1.82) is 0 Å². The van der Waals surface area contributed by atoms with Crippen LogP contribution >= 0.6 is 0 Å². The van der Waals surface area contributed by atoms with Gasteiger partial charge in [-0.2, -0.15) is 0 Å². The molecule has 0 aliphatic rings. The lowest BCUT2D eigenvalue weighted by Gasteiger charge is -2.05. The quantitative estimate of drug-likeness (QED) is 0.751. The molecule has 0 fully saturated rings. The maximum absolute atomic E-state index is 5.67. The smallest absolute Gasteiger partial charge is 0.138 e. The molecule has 0 aliphatic carbocycles. The van der Waals surface area contributed by atoms with Crippen LogP contribution in [0.1, 0.15) is 11.1 Å². The van der Waals surface area contributed by atoms with E-state index in [1.54, 1.807) is 0 Å². The number of rotatable bonds is 3. The van der Waals surface area contributed by atoms with Gasteiger partial charge in [0.15, 0.2) is 0 Å². The Morgan fingerprint density at radius 1 is 1.16 bits per heavy atom. The van der Waals surface area contributed by atoms with E-state index in [1.165, 1.54) is 11.1 Å². The number of nitrogens with one attached hydrogen (secondary N) is 1. The number of nitrogens with zero attached hydrogens (tertiary/aromatic N) is 1. The van der Waals surface area contributed by atoms with Gasteiger partial charge in [0.05, 0.1) is 11.0 Å². The Hall–Kier alpha value is -2.13. The molecule has 0 bridgehead atoms. The summed E-state index contributed by atoms with van der Waals surface area (Å²) < 4.78 is 0. The van der Waals surface area contributed by atoms with Crippen LogP contribution in [0.4, 0.5) is 0 Å². The fourth-order valence-electron chi connectivity index (χ4n) is 2.38. The Balaban J connectivity index is 2.13. The second-order valence-electron chi connectivity index (χ2n) is 4.80. The van der Waals surface area contributed by atoms with Crippen molar-refractivity contribution in [3.8, 4) is 11.4 Å². The van der Waals surface area contributed by atoms with Crippen LogP contribution in [0.2, 0.25) is 0 Å². The number of imidazole rings is 1. The molecular formula is C16H17N3. The number of aryl methyl sites for hydroxylation is 1. The number of hydrogen-bond acceptors (Lipinski definition) is 2. The minimum atomic E-state index is 0.649. The van der Waals surface area contributed by atoms with Crippen molar-refractivity contribution >= 4 is 11.0 Å². The van der Waals surface area contributed by atoms with Crippen molar-refractivity contribution < 1.29 is 0 Å². The molecule has 0 saturated heterocycles. The second kappa shape index (κ2) is 4.86. The number of hydrogen-bond donors (Lipinski definition) is 2. The van der Waals surface area contributed by atoms with Gasteiger partial charge in [0.25, 0.3) is 0 Å². The lowest BCUT2D eigenvalue weighted by atomic mass is 10.0. The second-order valence-corrected chi connectivity index (χ2v) is 4.80. The Morgan fingerprint density at radius 3 is 2.84 bits per heavy atom. The SMILES string of the molecule is Cc1ccc2nc(-c3ccccc3CCN)[nH]c2c1. The highest BCUT2D eigenvalue weighted by molar-refractivity contribution is 5.80. The zero-order valence-corrected chi connectivity index (χ0v) is 11.0. The van der Waals surface area contributed by atoms with Crippen molar-refractivity contribution in [2.75, 3.05) is 6.54 Å². The summed E-state index contributed by atoms with van der Waals surface area (Å²) in [7, 11) is 0. The van der Waals surface area contributed by atoms with E-state index in [0.717, 1.165) is 28.8 Å². The lowest BCUT2D eigenvalue weighted by molar-refractivity contribution is 0.968. The van der Waals surface area contributed by atoms with Crippen LogP contribution in [-0.4, -0.2) is 16.5 Å². The van der Waals surface area contributed by atoms with Crippen LogP contribution < -0.4 is 5.73 Å². The number of nitrogens with two attached hydrogens (primary N) is 1. The van der Waals surface area contributed by atoms with E-state index in [9.17, 15) is 0 Å². The maximum Gasteiger partial charge on any atom is 0.138 e. The van der Waals surface area contributed by atoms with Crippen LogP contribution in [-0.2, 0) is 6.42 Å². The number of H-pyrrole nitrogens is 1. The summed E-state index contributed by atoms with van der Waals surface area (Å²) in [6.45, 7) is 2.73. The van der Waals surface area contributed by atoms with Gasteiger partial charge in [-0.3, -0.25) is 0 Å². The predicted octanol–water partition coefficient (Wildman–Crippen LogP) is 3.04. The molecule has 1 heterocycles. The molecule has 3 N–H and O–H groups in total. The minimum absolute atomic E-state index is 0.649. The van der Waals surface area contributed by atoms with E-state index in [2.05, 4.69) is 47.2 Å². The molecule has 0 aliphatic heterocycles. The summed E-state index contributed by atoms with van der Waals surface area (Å²) >= 11 is 0. The number of aromatic nitrogens is 2. The molecule has 96 valence electrons. The third-order valence-corrected chi connectivity index (χ3v) is 3.32. The van der Waals surface area contributed by atoms with Crippen molar-refractivity contribution in [2.24, 2.45) is 5.73 Å². The average Bonchev–Trinajstić information content (AvgIpc) is 2.82. The molecule has 3 nitrogen and oxygen atoms in total. The first kappa shape index (κ1) is 11.9. The summed E-state index contributed by atoms with van der Waals surface area (Å²) in [6.07, 6.45) is 0.867. The Morgan fingerprint density at radius 2 is 2.00 bits per heavy atom. The van der Waals surface area contributed by atoms with E-state index in [1.807, 2.05) is 12.1 Å². The highest BCUT2D eigenvalue weighted by atomic mass is 14.9. The van der Waals surface area contributed by atoms with Crippen molar-refractivity contribution in [2.45, 2.75) is 13.3 Å². The zero-order chi connectivity index (χ0) is 13.2. The molecule has 3 heteroatoms. The minimum Gasteiger partial charge on any atom is -0.338 e. The molecule has 0 atom stereocenters. The molecular weight excluding hydrogens is 234 g/mol. The molecule has 0 amide bonds. The molecule has 3 aromatic rings. The molecule has 2 aromatic carbocycles. The van der Waals surface area contributed by atoms with Crippen LogP contribution in [0, 0.1) is 6.92 Å². The molecule has 1 aromatic heterocycles. The first-order valence-corrected chi connectivity index (χ1v) is 6.52. The molecule has 0 unspecified atom stereocenters. The highest BCUT2D eigenvalue weighted by Gasteiger charge is 2.08. The van der Waals surface area contributed by atoms with E-state index in [-0.39, 0.29) is 0 Å². The van der Waals surface area contributed by atoms with E-state index >= 15 is 0 Å². The fourth-order valence-corrected chi connectivity index (χ4v) is 2.38. The van der Waals surface area contributed by atoms with Crippen LogP contribution in [0.25, 0.3) is 22.4 Å². The van der Waals surface area contributed by atoms with Gasteiger partial charge in [-0.05, 0) is 43.1 Å². The van der Waals surface area contributed by atoms with Gasteiger partial charge in [-0.1, -0.05) is 30.3 Å². The molecule has 0 spiro atoms. The summed E-state index contributed by atoms with van der Waals surface area (Å²) in [5.74, 6) is 0.921. The fraction of sp³-hybridized carbons (Fsp3) is 0.188. The van der Waals surface area contributed by atoms with Gasteiger partial charge < -0.3 is 10.7 Å². The zero-order valence-electron chi connectivity index (χ0n) is 11.0. The van der Waals surface area contributed by atoms with Crippen molar-refractivity contribution in [3.05, 3.63) is 53.6 Å². The molecule has 0 saturated carbocycles. The summed E-state index contributed by atoms with van der Waals surface area (Å²) in [6, 6.07) is 14.5. The van der Waals surface area contributed by atoms with E-state index in [0.29, 0.717) is 6.54 Å². The lowest BCUT2D eigenvalue weighted by Crippen LogP contribution is -2.04. The van der Waals surface area contributed by atoms with Gasteiger partial charge in [-0.25, -0.2) is 4.98 Å². The van der Waals surface area contributed by atoms with Gasteiger partial charge >= 0.3 is 0 Å². The number of benzene rings is 2. The molecule has 3 rings (SSSR count). The van der Waals surface area contributed by atoms with Gasteiger partial charge in [-0.15, -0.1) is 0 Å². The van der Waals surface area contributed by atoms with Gasteiger partial charge in [0, 0.05) is 5.56 Å². The Bertz CT molecular complexity index is 713. The predicted molar refractivity (Wildman–Crippen MR) is 79.0 cm³/mol. The van der Waals surface area contributed by atoms with Crippen LogP contribution in [0.15, 0.2) is 42.5 Å². The van der Waals surface area contributed by atoms with E-state index < -0.39 is 0 Å². The molecule has 19 heavy (non-hydrogen) atoms. The van der Waals surface area contributed by atoms with Crippen LogP contribution in [0.3, 0.4) is 0 Å². The van der Waals surface area contributed by atoms with Crippen molar-refractivity contribution in [3.63, 3.8) is 0 Å². The third kappa shape index (κ3) is 2.25. The third-order valence-electron chi connectivity index (χ3n) is 3.32. The monoisotopic (exact) mass is 251 g/mol. The largest absolute Gasteiger partial charge is 0.338 e. The average molecular weight is 251 g/mol. The van der Waals surface area contributed by atoms with Gasteiger partial charge in [0.2, 0.25) is 0 Å². The Labute approximate surface area is 112 Å². The van der Waals surface area contributed by atoms with Gasteiger partial charge in [0.1, 0.15) is 5.82 Å². The normalized spacial score (nSPS) is 11.1. The van der Waals surface area contributed by atoms with Crippen molar-refractivity contribution in [1.82, 2.24) is 9.97 Å². The summed E-state index contributed by atoms with van der Waals surface area (Å²) in [5.41, 5.74) is 11.4. The topological polar surface area (TPSA) is 54.7 Å². The van der Waals surface area contributed by atoms with E-state index in [4.69, 9.17) is 5.73 Å². The number of aromatic amines is 1. The number of fused-ring (bicyclic) bond motifs is 1.